The number of ether oxygens (including phenoxy) is 2. The highest BCUT2D eigenvalue weighted by molar-refractivity contribution is 6.00. The van der Waals surface area contributed by atoms with Crippen molar-refractivity contribution in [3.05, 3.63) is 102 Å². The minimum absolute atomic E-state index is 0.0195. The van der Waals surface area contributed by atoms with Crippen molar-refractivity contribution in [1.82, 2.24) is 20.1 Å². The highest BCUT2D eigenvalue weighted by Crippen LogP contribution is 2.40. The first-order valence-corrected chi connectivity index (χ1v) is 12.7. The van der Waals surface area contributed by atoms with Crippen LogP contribution in [0.4, 0.5) is 17.6 Å². The Bertz CT molecular complexity index is 1530. The van der Waals surface area contributed by atoms with E-state index in [-0.39, 0.29) is 48.1 Å². The average Bonchev–Trinajstić information content (AvgIpc) is 3.32. The van der Waals surface area contributed by atoms with Crippen LogP contribution in [-0.2, 0) is 9.53 Å². The predicted molar refractivity (Wildman–Crippen MR) is 147 cm³/mol. The summed E-state index contributed by atoms with van der Waals surface area (Å²) in [5.41, 5.74) is 1.79. The molecule has 0 unspecified atom stereocenters. The van der Waals surface area contributed by atoms with Gasteiger partial charge in [-0.2, -0.15) is 22.7 Å². The van der Waals surface area contributed by atoms with E-state index in [1.54, 1.807) is 74.8 Å². The fourth-order valence-electron chi connectivity index (χ4n) is 4.09. The molecule has 0 radical (unpaired) electrons. The number of halogens is 4. The van der Waals surface area contributed by atoms with E-state index in [1.165, 1.54) is 23.2 Å². The van der Waals surface area contributed by atoms with E-state index in [9.17, 15) is 22.4 Å². The molecule has 4 rings (SSSR count). The highest BCUT2D eigenvalue weighted by atomic mass is 19.4. The summed E-state index contributed by atoms with van der Waals surface area (Å²) < 4.78 is 66.9. The number of rotatable bonds is 11. The molecule has 0 aliphatic heterocycles. The lowest BCUT2D eigenvalue weighted by molar-refractivity contribution is -0.124. The number of likely N-dealkylation sites (N-methyl/N-ethyl adjacent to an activating group) is 1. The average molecular weight is 569 g/mol. The zero-order chi connectivity index (χ0) is 29.4. The number of aromatic nitrogens is 3. The minimum atomic E-state index is -4.51. The smallest absolute Gasteiger partial charge is 0.393 e. The molecule has 0 aliphatic carbocycles. The molecule has 2 aromatic carbocycles. The van der Waals surface area contributed by atoms with Crippen LogP contribution in [0.15, 0.2) is 79.0 Å². The number of carbonyl (C=O) groups excluding carboxylic acids is 1. The van der Waals surface area contributed by atoms with Crippen LogP contribution in [0.25, 0.3) is 22.0 Å². The standard InChI is InChI=1S/C30H28F4N4O3/c1-38(2)27(39)9-6-14-40-15-16-41-26-13-11-22(19-35-26)28(21-10-12-25-23(17-21)29(31)37-36-25)24(18-30(32,33)34)20-7-4-3-5-8-20/h3-13,17,19H,14-16,18H2,1-2H3,(H,36,37)/b9-6+,28-24-. The molecule has 1 N–H and O–H groups in total. The van der Waals surface area contributed by atoms with Crippen LogP contribution in [-0.4, -0.2) is 66.1 Å². The van der Waals surface area contributed by atoms with E-state index >= 15 is 0 Å². The molecule has 2 heterocycles. The van der Waals surface area contributed by atoms with Gasteiger partial charge in [0.1, 0.15) is 6.61 Å². The number of amides is 1. The lowest BCUT2D eigenvalue weighted by Crippen LogP contribution is -2.19. The number of allylic oxidation sites excluding steroid dienone is 1. The van der Waals surface area contributed by atoms with Gasteiger partial charge in [0.15, 0.2) is 0 Å². The number of H-pyrrole nitrogens is 1. The molecule has 4 aromatic rings. The highest BCUT2D eigenvalue weighted by Gasteiger charge is 2.31. The zero-order valence-corrected chi connectivity index (χ0v) is 22.4. The van der Waals surface area contributed by atoms with E-state index in [4.69, 9.17) is 9.47 Å². The van der Waals surface area contributed by atoms with Crippen molar-refractivity contribution in [3.8, 4) is 5.88 Å². The zero-order valence-electron chi connectivity index (χ0n) is 22.4. The van der Waals surface area contributed by atoms with E-state index in [1.807, 2.05) is 0 Å². The maximum Gasteiger partial charge on any atom is 0.393 e. The SMILES string of the molecule is CN(C)C(=O)/C=C/COCCOc1ccc(/C(=C(/CC(F)(F)F)c2ccccc2)c2ccc3n[nH]c(F)c3c2)cn1. The minimum Gasteiger partial charge on any atom is -0.475 e. The molecule has 11 heteroatoms. The van der Waals surface area contributed by atoms with Gasteiger partial charge in [-0.15, -0.1) is 0 Å². The Balaban J connectivity index is 1.61. The van der Waals surface area contributed by atoms with E-state index in [0.717, 1.165) is 0 Å². The van der Waals surface area contributed by atoms with E-state index < -0.39 is 18.5 Å². The number of pyridine rings is 1. The van der Waals surface area contributed by atoms with E-state index in [0.29, 0.717) is 22.2 Å². The summed E-state index contributed by atoms with van der Waals surface area (Å²) in [4.78, 5) is 17.2. The lowest BCUT2D eigenvalue weighted by Gasteiger charge is -2.19. The first-order valence-electron chi connectivity index (χ1n) is 12.7. The molecular formula is C30H28F4N4O3. The quantitative estimate of drug-likeness (QED) is 0.103. The normalized spacial score (nSPS) is 12.5. The van der Waals surface area contributed by atoms with Gasteiger partial charge in [-0.1, -0.05) is 42.5 Å². The number of aromatic amines is 1. The lowest BCUT2D eigenvalue weighted by atomic mass is 9.88. The van der Waals surface area contributed by atoms with Gasteiger partial charge >= 0.3 is 6.18 Å². The molecule has 7 nitrogen and oxygen atoms in total. The molecule has 214 valence electrons. The molecule has 1 amide bonds. The van der Waals surface area contributed by atoms with Crippen molar-refractivity contribution in [3.63, 3.8) is 0 Å². The molecule has 2 aromatic heterocycles. The van der Waals surface area contributed by atoms with Gasteiger partial charge in [-0.05, 0) is 40.5 Å². The first kappa shape index (κ1) is 29.5. The fraction of sp³-hybridized carbons (Fsp3) is 0.233. The van der Waals surface area contributed by atoms with Crippen LogP contribution in [0.3, 0.4) is 0 Å². The molecule has 0 bridgehead atoms. The van der Waals surface area contributed by atoms with Gasteiger partial charge in [-0.25, -0.2) is 4.98 Å². The van der Waals surface area contributed by atoms with Crippen LogP contribution in [0.2, 0.25) is 0 Å². The number of fused-ring (bicyclic) bond motifs is 1. The molecule has 0 fully saturated rings. The summed E-state index contributed by atoms with van der Waals surface area (Å²) in [5.74, 6) is -0.575. The maximum absolute atomic E-state index is 14.3. The van der Waals surface area contributed by atoms with Gasteiger partial charge in [0.2, 0.25) is 17.7 Å². The van der Waals surface area contributed by atoms with Crippen LogP contribution < -0.4 is 4.74 Å². The second-order valence-corrected chi connectivity index (χ2v) is 9.22. The van der Waals surface area contributed by atoms with Gasteiger partial charge < -0.3 is 14.4 Å². The predicted octanol–water partition coefficient (Wildman–Crippen LogP) is 6.05. The first-order chi connectivity index (χ1) is 19.6. The third-order valence-electron chi connectivity index (χ3n) is 6.02. The van der Waals surface area contributed by atoms with Crippen LogP contribution >= 0.6 is 0 Å². The van der Waals surface area contributed by atoms with Crippen molar-refractivity contribution >= 4 is 28.0 Å². The largest absolute Gasteiger partial charge is 0.475 e. The Labute approximate surface area is 234 Å². The molecular weight excluding hydrogens is 540 g/mol. The Morgan fingerprint density at radius 1 is 1.00 bits per heavy atom. The van der Waals surface area contributed by atoms with Gasteiger partial charge in [0, 0.05) is 38.0 Å². The number of alkyl halides is 3. The molecule has 0 spiro atoms. The summed E-state index contributed by atoms with van der Waals surface area (Å²) >= 11 is 0. The van der Waals surface area contributed by atoms with Crippen molar-refractivity contribution in [2.45, 2.75) is 12.6 Å². The summed E-state index contributed by atoms with van der Waals surface area (Å²) in [5, 5.41) is 6.30. The van der Waals surface area contributed by atoms with Gasteiger partial charge in [0.25, 0.3) is 0 Å². The molecule has 0 atom stereocenters. The van der Waals surface area contributed by atoms with Crippen molar-refractivity contribution in [2.24, 2.45) is 0 Å². The second kappa shape index (κ2) is 13.2. The Hall–Kier alpha value is -4.51. The maximum atomic E-state index is 14.3. The second-order valence-electron chi connectivity index (χ2n) is 9.22. The van der Waals surface area contributed by atoms with Crippen LogP contribution in [0.1, 0.15) is 23.1 Å². The van der Waals surface area contributed by atoms with Crippen molar-refractivity contribution in [2.75, 3.05) is 33.9 Å². The number of nitrogens with zero attached hydrogens (tertiary/aromatic N) is 3. The summed E-state index contributed by atoms with van der Waals surface area (Å²) in [6.07, 6.45) is -1.28. The molecule has 0 saturated heterocycles. The van der Waals surface area contributed by atoms with Crippen molar-refractivity contribution in [1.29, 1.82) is 0 Å². The van der Waals surface area contributed by atoms with Crippen molar-refractivity contribution < 1.29 is 31.8 Å². The number of hydrogen-bond acceptors (Lipinski definition) is 5. The van der Waals surface area contributed by atoms with E-state index in [2.05, 4.69) is 15.2 Å². The number of carbonyl (C=O) groups is 1. The Kier molecular flexibility index (Phi) is 9.51. The Morgan fingerprint density at radius 3 is 2.44 bits per heavy atom. The molecule has 41 heavy (non-hydrogen) atoms. The molecule has 0 aliphatic rings. The van der Waals surface area contributed by atoms with Gasteiger partial charge in [-0.3, -0.25) is 9.89 Å². The Morgan fingerprint density at radius 2 is 1.76 bits per heavy atom. The third kappa shape index (κ3) is 8.01. The third-order valence-corrected chi connectivity index (χ3v) is 6.02. The summed E-state index contributed by atoms with van der Waals surface area (Å²) in [6, 6.07) is 16.1. The number of hydrogen-bond donors (Lipinski definition) is 1. The van der Waals surface area contributed by atoms with Crippen LogP contribution in [0, 0.1) is 5.95 Å². The summed E-state index contributed by atoms with van der Waals surface area (Å²) in [6.45, 7) is 0.631. The number of nitrogens with one attached hydrogen (secondary N) is 1. The molecule has 0 saturated carbocycles. The van der Waals surface area contributed by atoms with Gasteiger partial charge in [0.05, 0.1) is 30.5 Å². The fourth-order valence-corrected chi connectivity index (χ4v) is 4.09. The topological polar surface area (TPSA) is 80.3 Å². The van der Waals surface area contributed by atoms with Crippen LogP contribution in [0.5, 0.6) is 5.88 Å². The summed E-state index contributed by atoms with van der Waals surface area (Å²) in [7, 11) is 3.30. The number of benzene rings is 2. The monoisotopic (exact) mass is 568 g/mol.